The summed E-state index contributed by atoms with van der Waals surface area (Å²) in [6, 6.07) is 8.65. The summed E-state index contributed by atoms with van der Waals surface area (Å²) in [6.07, 6.45) is 1.01. The highest BCUT2D eigenvalue weighted by molar-refractivity contribution is 9.10. The lowest BCUT2D eigenvalue weighted by molar-refractivity contribution is 0.476. The number of halogens is 1. The number of rotatable bonds is 3. The van der Waals surface area contributed by atoms with Crippen LogP contribution < -0.4 is 5.32 Å². The van der Waals surface area contributed by atoms with E-state index in [-0.39, 0.29) is 0 Å². The van der Waals surface area contributed by atoms with Crippen molar-refractivity contribution in [3.8, 4) is 0 Å². The molecule has 0 amide bonds. The third-order valence-corrected chi connectivity index (χ3v) is 9.44. The zero-order valence-electron chi connectivity index (χ0n) is 11.3. The van der Waals surface area contributed by atoms with Gasteiger partial charge in [0.2, 0.25) is 0 Å². The van der Waals surface area contributed by atoms with Crippen LogP contribution in [0, 0.1) is 0 Å². The molecule has 0 saturated heterocycles. The number of hydrogen-bond acceptors (Lipinski definition) is 2. The third kappa shape index (κ3) is 2.51. The second-order valence-corrected chi connectivity index (χ2v) is 10.6. The van der Waals surface area contributed by atoms with Crippen molar-refractivity contribution < 1.29 is 4.80 Å². The Morgan fingerprint density at radius 1 is 1.39 bits per heavy atom. The van der Waals surface area contributed by atoms with Gasteiger partial charge in [0, 0.05) is 21.7 Å². The first-order chi connectivity index (χ1) is 8.50. The Labute approximate surface area is 119 Å². The van der Waals surface area contributed by atoms with Crippen LogP contribution in [0.5, 0.6) is 0 Å². The van der Waals surface area contributed by atoms with Gasteiger partial charge in [0.1, 0.15) is 0 Å². The van der Waals surface area contributed by atoms with Crippen LogP contribution in [-0.2, 0) is 6.42 Å². The molecular formula is C14H22BrNOSi. The highest BCUT2D eigenvalue weighted by Crippen LogP contribution is 2.40. The smallest absolute Gasteiger partial charge is 0.193 e. The molecule has 1 aromatic carbocycles. The largest absolute Gasteiger partial charge is 0.431 e. The van der Waals surface area contributed by atoms with Crippen LogP contribution in [0.3, 0.4) is 0 Å². The van der Waals surface area contributed by atoms with Crippen molar-refractivity contribution in [2.24, 2.45) is 0 Å². The van der Waals surface area contributed by atoms with E-state index in [1.54, 1.807) is 0 Å². The molecule has 0 spiro atoms. The van der Waals surface area contributed by atoms with Crippen LogP contribution in [0.25, 0.3) is 0 Å². The fourth-order valence-corrected chi connectivity index (χ4v) is 6.63. The molecule has 2 rings (SSSR count). The number of hydrogen-bond donors (Lipinski definition) is 2. The van der Waals surface area contributed by atoms with E-state index in [1.165, 1.54) is 11.3 Å². The summed E-state index contributed by atoms with van der Waals surface area (Å²) in [5.41, 5.74) is 2.97. The van der Waals surface area contributed by atoms with E-state index < -0.39 is 8.32 Å². The summed E-state index contributed by atoms with van der Waals surface area (Å²) >= 11 is 3.53. The zero-order chi connectivity index (χ0) is 13.3. The van der Waals surface area contributed by atoms with Gasteiger partial charge < -0.3 is 10.1 Å². The molecule has 0 bridgehead atoms. The predicted molar refractivity (Wildman–Crippen MR) is 83.6 cm³/mol. The first-order valence-corrected chi connectivity index (χ1v) is 10.0. The maximum absolute atomic E-state index is 10.9. The Bertz CT molecular complexity index is 434. The van der Waals surface area contributed by atoms with Crippen molar-refractivity contribution in [2.45, 2.75) is 50.9 Å². The van der Waals surface area contributed by atoms with Crippen LogP contribution in [-0.4, -0.2) is 19.2 Å². The molecule has 0 saturated carbocycles. The first-order valence-electron chi connectivity index (χ1n) is 6.77. The SMILES string of the molecule is CC[Si](O)(CC)[C@@H]1Cc2cc(Br)ccc2NC1C. The van der Waals surface area contributed by atoms with Gasteiger partial charge in [0.05, 0.1) is 0 Å². The average Bonchev–Trinajstić information content (AvgIpc) is 2.37. The van der Waals surface area contributed by atoms with Crippen LogP contribution in [0.15, 0.2) is 22.7 Å². The van der Waals surface area contributed by atoms with Gasteiger partial charge in [-0.1, -0.05) is 29.8 Å². The van der Waals surface area contributed by atoms with Gasteiger partial charge in [-0.25, -0.2) is 0 Å². The van der Waals surface area contributed by atoms with Crippen molar-refractivity contribution in [3.63, 3.8) is 0 Å². The van der Waals surface area contributed by atoms with E-state index >= 15 is 0 Å². The van der Waals surface area contributed by atoms with E-state index in [0.29, 0.717) is 11.6 Å². The molecule has 18 heavy (non-hydrogen) atoms. The van der Waals surface area contributed by atoms with Gasteiger partial charge in [0.25, 0.3) is 0 Å². The summed E-state index contributed by atoms with van der Waals surface area (Å²) in [5, 5.41) is 3.57. The minimum atomic E-state index is -2.12. The van der Waals surface area contributed by atoms with E-state index in [9.17, 15) is 4.80 Å². The monoisotopic (exact) mass is 327 g/mol. The van der Waals surface area contributed by atoms with Gasteiger partial charge in [-0.05, 0) is 49.2 Å². The summed E-state index contributed by atoms with van der Waals surface area (Å²) < 4.78 is 1.12. The van der Waals surface area contributed by atoms with Gasteiger partial charge in [-0.15, -0.1) is 0 Å². The minimum absolute atomic E-state index is 0.371. The molecule has 0 aromatic heterocycles. The lowest BCUT2D eigenvalue weighted by Crippen LogP contribution is -2.48. The van der Waals surface area contributed by atoms with E-state index in [0.717, 1.165) is 23.0 Å². The summed E-state index contributed by atoms with van der Waals surface area (Å²) in [6.45, 7) is 6.48. The molecule has 1 aliphatic rings. The molecule has 100 valence electrons. The fourth-order valence-electron chi connectivity index (χ4n) is 3.06. The van der Waals surface area contributed by atoms with E-state index in [4.69, 9.17) is 0 Å². The summed E-state index contributed by atoms with van der Waals surface area (Å²) in [5.74, 6) is 0. The predicted octanol–water partition coefficient (Wildman–Crippen LogP) is 4.15. The van der Waals surface area contributed by atoms with Crippen LogP contribution in [0.1, 0.15) is 26.3 Å². The lowest BCUT2D eigenvalue weighted by atomic mass is 9.98. The van der Waals surface area contributed by atoms with Crippen molar-refractivity contribution in [1.29, 1.82) is 0 Å². The Morgan fingerprint density at radius 2 is 2.06 bits per heavy atom. The van der Waals surface area contributed by atoms with Crippen molar-refractivity contribution >= 4 is 29.9 Å². The molecule has 0 fully saturated rings. The molecule has 1 unspecified atom stereocenters. The quantitative estimate of drug-likeness (QED) is 0.817. The van der Waals surface area contributed by atoms with Crippen LogP contribution in [0.2, 0.25) is 17.6 Å². The molecule has 0 radical (unpaired) electrons. The highest BCUT2D eigenvalue weighted by atomic mass is 79.9. The van der Waals surface area contributed by atoms with Crippen LogP contribution >= 0.6 is 15.9 Å². The third-order valence-electron chi connectivity index (χ3n) is 4.41. The Morgan fingerprint density at radius 3 is 2.67 bits per heavy atom. The molecule has 2 nitrogen and oxygen atoms in total. The highest BCUT2D eigenvalue weighted by Gasteiger charge is 2.42. The molecule has 1 heterocycles. The Kier molecular flexibility index (Phi) is 4.19. The van der Waals surface area contributed by atoms with E-state index in [1.807, 2.05) is 0 Å². The van der Waals surface area contributed by atoms with E-state index in [2.05, 4.69) is 60.2 Å². The molecule has 2 N–H and O–H groups in total. The maximum atomic E-state index is 10.9. The number of benzene rings is 1. The Hall–Kier alpha value is -0.323. The standard InChI is InChI=1S/C14H22BrNOSi/c1-4-18(17,5-2)14-9-11-8-12(15)6-7-13(11)16-10(14)3/h6-8,10,14,16-17H,4-5,9H2,1-3H3/t10?,14-/m1/s1. The molecule has 2 atom stereocenters. The average molecular weight is 328 g/mol. The second kappa shape index (κ2) is 5.35. The molecular weight excluding hydrogens is 306 g/mol. The van der Waals surface area contributed by atoms with Crippen LogP contribution in [0.4, 0.5) is 5.69 Å². The minimum Gasteiger partial charge on any atom is -0.431 e. The van der Waals surface area contributed by atoms with Gasteiger partial charge >= 0.3 is 0 Å². The maximum Gasteiger partial charge on any atom is 0.193 e. The Balaban J connectivity index is 2.32. The summed E-state index contributed by atoms with van der Waals surface area (Å²) in [4.78, 5) is 10.9. The number of anilines is 1. The van der Waals surface area contributed by atoms with Gasteiger partial charge in [0.15, 0.2) is 8.32 Å². The molecule has 1 aromatic rings. The molecule has 1 aliphatic heterocycles. The van der Waals surface area contributed by atoms with Crippen molar-refractivity contribution in [3.05, 3.63) is 28.2 Å². The first kappa shape index (κ1) is 14.1. The number of nitrogens with one attached hydrogen (secondary N) is 1. The number of fused-ring (bicyclic) bond motifs is 1. The van der Waals surface area contributed by atoms with Crippen molar-refractivity contribution in [2.75, 3.05) is 5.32 Å². The normalized spacial score (nSPS) is 23.4. The fraction of sp³-hybridized carbons (Fsp3) is 0.571. The van der Waals surface area contributed by atoms with Gasteiger partial charge in [-0.2, -0.15) is 0 Å². The summed E-state index contributed by atoms with van der Waals surface area (Å²) in [7, 11) is -2.12. The molecule has 4 heteroatoms. The second-order valence-electron chi connectivity index (χ2n) is 5.36. The topological polar surface area (TPSA) is 32.3 Å². The zero-order valence-corrected chi connectivity index (χ0v) is 13.9. The van der Waals surface area contributed by atoms with Gasteiger partial charge in [-0.3, -0.25) is 0 Å². The molecule has 0 aliphatic carbocycles. The lowest BCUT2D eigenvalue weighted by Gasteiger charge is -2.41. The van der Waals surface area contributed by atoms with Crippen molar-refractivity contribution in [1.82, 2.24) is 0 Å².